The molecule has 0 unspecified atom stereocenters. The molecule has 140 heavy (non-hydrogen) atoms. The van der Waals surface area contributed by atoms with Gasteiger partial charge in [-0.05, 0) is 339 Å². The van der Waals surface area contributed by atoms with Crippen LogP contribution in [-0.2, 0) is 0 Å². The number of hydrogen-bond donors (Lipinski definition) is 0. The third-order valence-corrected chi connectivity index (χ3v) is 27.4. The summed E-state index contributed by atoms with van der Waals surface area (Å²) in [6.45, 7) is 0. The van der Waals surface area contributed by atoms with Crippen LogP contribution < -0.4 is 0 Å². The lowest BCUT2D eigenvalue weighted by molar-refractivity contribution is 1.48. The van der Waals surface area contributed by atoms with Crippen molar-refractivity contribution in [1.29, 1.82) is 15.8 Å². The molecule has 0 aromatic heterocycles. The van der Waals surface area contributed by atoms with E-state index in [1.165, 1.54) is 203 Å². The average molecular weight is 1780 g/mol. The second-order valence-electron chi connectivity index (χ2n) is 35.7. The number of nitriles is 3. The molecule has 0 aliphatic rings. The SMILES string of the molecule is N#Cc1ccc(-c2ccc3c(-c4ccc5ccccc5c4)c4cc(-c5ccccc5)ccc4c(-c4ccc5ccccc5c4)c3c2)cc1.N#Cc1ccc(-c2ccc3c(-c4ccccc4)c4cc(-c5ccccc5)ccc4c(-c4ccccc4)c3c2)cc1.N#Cc1cccc(-c2ccc3c(-c4cccc(-c5ccccc5)c4)c4cc(-c5ccccc5)ccc4c(-c4cccc(-c5ccccc5)c4)c3c2)c1. The fourth-order valence-electron chi connectivity index (χ4n) is 20.6. The van der Waals surface area contributed by atoms with Gasteiger partial charge in [-0.1, -0.05) is 431 Å². The van der Waals surface area contributed by atoms with Crippen LogP contribution in [0.5, 0.6) is 0 Å². The Hall–Kier alpha value is -19.0. The van der Waals surface area contributed by atoms with Crippen LogP contribution in [0.25, 0.3) is 242 Å². The first-order valence-electron chi connectivity index (χ1n) is 47.5. The first-order chi connectivity index (χ1) is 69.3. The second kappa shape index (κ2) is 37.8. The van der Waals surface area contributed by atoms with Crippen molar-refractivity contribution in [3.63, 3.8) is 0 Å². The molecule has 0 N–H and O–H groups in total. The molecule has 25 aromatic carbocycles. The lowest BCUT2D eigenvalue weighted by Crippen LogP contribution is -1.93. The first-order valence-corrected chi connectivity index (χ1v) is 47.5. The highest BCUT2D eigenvalue weighted by molar-refractivity contribution is 6.26. The highest BCUT2D eigenvalue weighted by Gasteiger charge is 2.25. The van der Waals surface area contributed by atoms with E-state index in [9.17, 15) is 15.8 Å². The van der Waals surface area contributed by atoms with Crippen LogP contribution in [0, 0.1) is 34.0 Å². The molecule has 0 bridgehead atoms. The number of benzene rings is 25. The second-order valence-corrected chi connectivity index (χ2v) is 35.7. The Labute approximate surface area is 814 Å². The van der Waals surface area contributed by atoms with E-state index in [-0.39, 0.29) is 0 Å². The standard InChI is InChI=1S/C51H33N.C47H29N.C39H25N/c52-34-35-13-10-20-39(29-35)43-26-28-47-49(33-43)51(45-24-12-22-41(31-45)37-16-6-2-7-17-37)46-27-25-42(38-18-8-3-9-19-38)32-48(46)50(47)44-23-11-21-40(30-44)36-14-4-1-5-15-36;48-30-31-14-16-35(17-15-31)39-23-25-43-45(29-39)47(41-21-19-34-11-5-7-13-37(34)27-41)42-24-22-38(32-8-2-1-3-9-32)28-44(42)46(43)40-20-18-33-10-4-6-12-36(33)26-40;40-26-27-16-18-29(19-17-27)33-21-23-35-37(25-33)39(31-14-8-3-9-15-31)34-22-20-32(28-10-4-1-5-11-28)24-36(34)38(35)30-12-6-2-7-13-30/h1-33H;1-29H;1-25H. The summed E-state index contributed by atoms with van der Waals surface area (Å²) in [6.07, 6.45) is 0. The molecule has 0 aliphatic heterocycles. The Morgan fingerprint density at radius 1 is 0.100 bits per heavy atom. The summed E-state index contributed by atoms with van der Waals surface area (Å²) in [6, 6.07) is 195. The van der Waals surface area contributed by atoms with Gasteiger partial charge >= 0.3 is 0 Å². The summed E-state index contributed by atoms with van der Waals surface area (Å²) in [5.41, 5.74) is 34.9. The van der Waals surface area contributed by atoms with Gasteiger partial charge in [0.1, 0.15) is 0 Å². The maximum atomic E-state index is 9.73. The maximum Gasteiger partial charge on any atom is 0.0991 e. The molecule has 3 nitrogen and oxygen atoms in total. The van der Waals surface area contributed by atoms with Crippen LogP contribution in [0.15, 0.2) is 528 Å². The molecule has 25 aromatic rings. The molecule has 0 fully saturated rings. The minimum Gasteiger partial charge on any atom is -0.192 e. The van der Waals surface area contributed by atoms with E-state index in [4.69, 9.17) is 0 Å². The summed E-state index contributed by atoms with van der Waals surface area (Å²) in [7, 11) is 0. The minimum absolute atomic E-state index is 0.652. The molecule has 0 spiro atoms. The van der Waals surface area contributed by atoms with Crippen molar-refractivity contribution in [2.24, 2.45) is 0 Å². The van der Waals surface area contributed by atoms with E-state index in [0.29, 0.717) is 16.7 Å². The molecule has 3 heteroatoms. The molecule has 650 valence electrons. The lowest BCUT2D eigenvalue weighted by Gasteiger charge is -2.20. The lowest BCUT2D eigenvalue weighted by atomic mass is 9.83. The third-order valence-electron chi connectivity index (χ3n) is 27.4. The Morgan fingerprint density at radius 2 is 0.286 bits per heavy atom. The highest BCUT2D eigenvalue weighted by Crippen LogP contribution is 2.52. The van der Waals surface area contributed by atoms with Crippen molar-refractivity contribution < 1.29 is 0 Å². The number of nitrogens with zero attached hydrogens (tertiary/aromatic N) is 3. The number of hydrogen-bond acceptors (Lipinski definition) is 3. The molecule has 0 amide bonds. The smallest absolute Gasteiger partial charge is 0.0991 e. The van der Waals surface area contributed by atoms with Crippen LogP contribution in [0.3, 0.4) is 0 Å². The Balaban J connectivity index is 0.000000118. The predicted octanol–water partition coefficient (Wildman–Crippen LogP) is 37.2. The van der Waals surface area contributed by atoms with Gasteiger partial charge in [-0.25, -0.2) is 0 Å². The van der Waals surface area contributed by atoms with Gasteiger partial charge in [0.2, 0.25) is 0 Å². The van der Waals surface area contributed by atoms with E-state index in [1.54, 1.807) is 0 Å². The predicted molar refractivity (Wildman–Crippen MR) is 590 cm³/mol. The molecule has 0 saturated carbocycles. The molecular weight excluding hydrogens is 1690 g/mol. The van der Waals surface area contributed by atoms with E-state index >= 15 is 0 Å². The quantitative estimate of drug-likeness (QED) is 0.102. The van der Waals surface area contributed by atoms with Crippen molar-refractivity contribution in [1.82, 2.24) is 0 Å². The summed E-state index contributed by atoms with van der Waals surface area (Å²) >= 11 is 0. The fraction of sp³-hybridized carbons (Fsp3) is 0. The summed E-state index contributed by atoms with van der Waals surface area (Å²) in [5, 5.41) is 47.9. The van der Waals surface area contributed by atoms with Crippen LogP contribution >= 0.6 is 0 Å². The minimum atomic E-state index is 0.652. The Bertz CT molecular complexity index is 9200. The molecular formula is C137H87N3. The molecule has 0 aliphatic carbocycles. The van der Waals surface area contributed by atoms with Crippen LogP contribution in [-0.4, -0.2) is 0 Å². The number of rotatable bonds is 14. The van der Waals surface area contributed by atoms with Gasteiger partial charge in [0.25, 0.3) is 0 Å². The summed E-state index contributed by atoms with van der Waals surface area (Å²) in [5.74, 6) is 0. The van der Waals surface area contributed by atoms with Gasteiger partial charge in [0.05, 0.1) is 34.9 Å². The zero-order valence-electron chi connectivity index (χ0n) is 76.6. The maximum absolute atomic E-state index is 9.73. The first kappa shape index (κ1) is 85.3. The molecule has 0 radical (unpaired) electrons. The van der Waals surface area contributed by atoms with Crippen LogP contribution in [0.1, 0.15) is 16.7 Å². The summed E-state index contributed by atoms with van der Waals surface area (Å²) in [4.78, 5) is 0. The van der Waals surface area contributed by atoms with Gasteiger partial charge < -0.3 is 0 Å². The number of fused-ring (bicyclic) bond motifs is 8. The Kier molecular flexibility index (Phi) is 23.0. The van der Waals surface area contributed by atoms with Crippen molar-refractivity contribution >= 4 is 86.2 Å². The van der Waals surface area contributed by atoms with E-state index in [2.05, 4.69) is 479 Å². The highest BCUT2D eigenvalue weighted by atomic mass is 14.3. The Morgan fingerprint density at radius 3 is 0.564 bits per heavy atom. The zero-order valence-corrected chi connectivity index (χ0v) is 76.6. The molecule has 0 saturated heterocycles. The van der Waals surface area contributed by atoms with Gasteiger partial charge in [0.15, 0.2) is 0 Å². The normalized spacial score (nSPS) is 11.1. The van der Waals surface area contributed by atoms with Gasteiger partial charge in [0, 0.05) is 0 Å². The fourth-order valence-corrected chi connectivity index (χ4v) is 20.6. The monoisotopic (exact) mass is 1770 g/mol. The van der Waals surface area contributed by atoms with Gasteiger partial charge in [-0.3, -0.25) is 0 Å². The molecule has 25 rings (SSSR count). The van der Waals surface area contributed by atoms with E-state index in [0.717, 1.165) is 38.9 Å². The van der Waals surface area contributed by atoms with Crippen molar-refractivity contribution in [2.75, 3.05) is 0 Å². The van der Waals surface area contributed by atoms with E-state index in [1.807, 2.05) is 66.7 Å². The van der Waals surface area contributed by atoms with Gasteiger partial charge in [-0.2, -0.15) is 15.8 Å². The molecule has 0 heterocycles. The van der Waals surface area contributed by atoms with Crippen molar-refractivity contribution in [3.8, 4) is 174 Å². The molecule has 0 atom stereocenters. The largest absolute Gasteiger partial charge is 0.192 e. The topological polar surface area (TPSA) is 71.4 Å². The van der Waals surface area contributed by atoms with Crippen LogP contribution in [0.4, 0.5) is 0 Å². The van der Waals surface area contributed by atoms with E-state index < -0.39 is 0 Å². The average Bonchev–Trinajstić information content (AvgIpc) is 0.727. The zero-order chi connectivity index (χ0) is 93.8. The van der Waals surface area contributed by atoms with Crippen LogP contribution in [0.2, 0.25) is 0 Å². The third kappa shape index (κ3) is 16.7. The van der Waals surface area contributed by atoms with Gasteiger partial charge in [-0.15, -0.1) is 0 Å². The summed E-state index contributed by atoms with van der Waals surface area (Å²) < 4.78 is 0. The van der Waals surface area contributed by atoms with Crippen molar-refractivity contribution in [2.45, 2.75) is 0 Å². The van der Waals surface area contributed by atoms with Crippen molar-refractivity contribution in [3.05, 3.63) is 544 Å².